The van der Waals surface area contributed by atoms with Gasteiger partial charge in [-0.1, -0.05) is 6.07 Å². The Morgan fingerprint density at radius 3 is 3.15 bits per heavy atom. The predicted molar refractivity (Wildman–Crippen MR) is 76.7 cm³/mol. The van der Waals surface area contributed by atoms with E-state index in [4.69, 9.17) is 0 Å². The maximum absolute atomic E-state index is 12.2. The highest BCUT2D eigenvalue weighted by Crippen LogP contribution is 2.31. The standard InChI is InChI=1S/C15H13N3OS/c16-8-11-10-4-6-17-9-15(10)20-14(11)7-13(19)12-3-1-2-5-18-12/h1-3,5,17H,4,6-7,9H2. The Hall–Kier alpha value is -2.03. The molecule has 3 heterocycles. The maximum Gasteiger partial charge on any atom is 0.186 e. The molecular formula is C15H13N3OS. The number of carbonyl (C=O) groups is 1. The number of fused-ring (bicyclic) bond motifs is 1. The summed E-state index contributed by atoms with van der Waals surface area (Å²) >= 11 is 1.58. The zero-order valence-electron chi connectivity index (χ0n) is 10.8. The summed E-state index contributed by atoms with van der Waals surface area (Å²) in [5.41, 5.74) is 2.29. The first-order chi connectivity index (χ1) is 9.79. The van der Waals surface area contributed by atoms with Crippen LogP contribution in [0.4, 0.5) is 0 Å². The third-order valence-electron chi connectivity index (χ3n) is 3.38. The number of pyridine rings is 1. The van der Waals surface area contributed by atoms with Gasteiger partial charge in [-0.3, -0.25) is 9.78 Å². The van der Waals surface area contributed by atoms with Crippen LogP contribution in [0.15, 0.2) is 24.4 Å². The van der Waals surface area contributed by atoms with E-state index in [9.17, 15) is 10.1 Å². The molecule has 0 atom stereocenters. The molecule has 0 aromatic carbocycles. The SMILES string of the molecule is N#Cc1c(CC(=O)c2ccccn2)sc2c1CCNC2. The lowest BCUT2D eigenvalue weighted by molar-refractivity contribution is 0.0989. The van der Waals surface area contributed by atoms with Crippen LogP contribution >= 0.6 is 11.3 Å². The molecule has 20 heavy (non-hydrogen) atoms. The third-order valence-corrected chi connectivity index (χ3v) is 4.62. The number of carbonyl (C=O) groups excluding carboxylic acids is 1. The van der Waals surface area contributed by atoms with Gasteiger partial charge in [-0.2, -0.15) is 5.26 Å². The number of aromatic nitrogens is 1. The third kappa shape index (κ3) is 2.36. The smallest absolute Gasteiger partial charge is 0.186 e. The normalized spacial score (nSPS) is 13.6. The van der Waals surface area contributed by atoms with Gasteiger partial charge in [-0.05, 0) is 30.7 Å². The minimum absolute atomic E-state index is 0.0337. The highest BCUT2D eigenvalue weighted by atomic mass is 32.1. The zero-order chi connectivity index (χ0) is 13.9. The largest absolute Gasteiger partial charge is 0.312 e. The lowest BCUT2D eigenvalue weighted by Crippen LogP contribution is -2.22. The molecule has 4 nitrogen and oxygen atoms in total. The van der Waals surface area contributed by atoms with Crippen LogP contribution in [0.1, 0.15) is 31.4 Å². The van der Waals surface area contributed by atoms with Crippen LogP contribution in [-0.2, 0) is 19.4 Å². The quantitative estimate of drug-likeness (QED) is 0.876. The van der Waals surface area contributed by atoms with E-state index >= 15 is 0 Å². The summed E-state index contributed by atoms with van der Waals surface area (Å²) in [7, 11) is 0. The second kappa shape index (κ2) is 5.53. The van der Waals surface area contributed by atoms with Crippen molar-refractivity contribution in [2.75, 3.05) is 6.54 Å². The van der Waals surface area contributed by atoms with Gasteiger partial charge in [0.25, 0.3) is 0 Å². The van der Waals surface area contributed by atoms with Crippen LogP contribution in [0.3, 0.4) is 0 Å². The van der Waals surface area contributed by atoms with E-state index in [2.05, 4.69) is 16.4 Å². The van der Waals surface area contributed by atoms with Crippen molar-refractivity contribution in [1.29, 1.82) is 5.26 Å². The number of Topliss-reactive ketones (excluding diaryl/α,β-unsaturated/α-hetero) is 1. The first kappa shape index (κ1) is 13.0. The second-order valence-electron chi connectivity index (χ2n) is 4.66. The molecule has 0 radical (unpaired) electrons. The minimum atomic E-state index is -0.0337. The van der Waals surface area contributed by atoms with E-state index in [1.54, 1.807) is 35.7 Å². The molecule has 0 saturated carbocycles. The van der Waals surface area contributed by atoms with Crippen molar-refractivity contribution in [2.45, 2.75) is 19.4 Å². The van der Waals surface area contributed by atoms with E-state index in [-0.39, 0.29) is 12.2 Å². The Bertz CT molecular complexity index is 685. The Balaban J connectivity index is 1.90. The number of nitrogens with zero attached hydrogens (tertiary/aromatic N) is 2. The molecule has 0 aliphatic carbocycles. The summed E-state index contributed by atoms with van der Waals surface area (Å²) in [6.45, 7) is 1.69. The Labute approximate surface area is 121 Å². The van der Waals surface area contributed by atoms with Crippen LogP contribution in [-0.4, -0.2) is 17.3 Å². The molecule has 0 amide bonds. The molecule has 2 aromatic rings. The minimum Gasteiger partial charge on any atom is -0.312 e. The van der Waals surface area contributed by atoms with Crippen LogP contribution in [0.5, 0.6) is 0 Å². The van der Waals surface area contributed by atoms with Crippen molar-refractivity contribution in [3.05, 3.63) is 51.0 Å². The number of hydrogen-bond acceptors (Lipinski definition) is 5. The van der Waals surface area contributed by atoms with Crippen molar-refractivity contribution in [3.63, 3.8) is 0 Å². The van der Waals surface area contributed by atoms with E-state index in [1.807, 2.05) is 0 Å². The molecule has 1 N–H and O–H groups in total. The van der Waals surface area contributed by atoms with Crippen LogP contribution in [0.2, 0.25) is 0 Å². The van der Waals surface area contributed by atoms with E-state index in [0.717, 1.165) is 30.0 Å². The van der Waals surface area contributed by atoms with Gasteiger partial charge in [-0.25, -0.2) is 0 Å². The molecule has 0 fully saturated rings. The van der Waals surface area contributed by atoms with E-state index in [0.29, 0.717) is 11.3 Å². The molecule has 0 saturated heterocycles. The Morgan fingerprint density at radius 1 is 1.50 bits per heavy atom. The number of nitrogens with one attached hydrogen (secondary N) is 1. The van der Waals surface area contributed by atoms with Crippen LogP contribution in [0.25, 0.3) is 0 Å². The number of ketones is 1. The maximum atomic E-state index is 12.2. The highest BCUT2D eigenvalue weighted by molar-refractivity contribution is 7.12. The number of thiophene rings is 1. The molecular weight excluding hydrogens is 270 g/mol. The van der Waals surface area contributed by atoms with Gasteiger partial charge in [0.2, 0.25) is 0 Å². The van der Waals surface area contributed by atoms with Crippen LogP contribution < -0.4 is 5.32 Å². The number of nitriles is 1. The van der Waals surface area contributed by atoms with E-state index in [1.165, 1.54) is 4.88 Å². The van der Waals surface area contributed by atoms with Gasteiger partial charge >= 0.3 is 0 Å². The van der Waals surface area contributed by atoms with Crippen LogP contribution in [0, 0.1) is 11.3 Å². The van der Waals surface area contributed by atoms with Gasteiger partial charge in [0.1, 0.15) is 11.8 Å². The molecule has 2 aromatic heterocycles. The highest BCUT2D eigenvalue weighted by Gasteiger charge is 2.22. The fraction of sp³-hybridized carbons (Fsp3) is 0.267. The first-order valence-electron chi connectivity index (χ1n) is 6.48. The van der Waals surface area contributed by atoms with Crippen molar-refractivity contribution in [2.24, 2.45) is 0 Å². The van der Waals surface area contributed by atoms with Crippen molar-refractivity contribution in [1.82, 2.24) is 10.3 Å². The molecule has 1 aliphatic heterocycles. The molecule has 100 valence electrons. The Morgan fingerprint density at radius 2 is 2.40 bits per heavy atom. The van der Waals surface area contributed by atoms with Crippen molar-refractivity contribution < 1.29 is 4.79 Å². The summed E-state index contributed by atoms with van der Waals surface area (Å²) < 4.78 is 0. The van der Waals surface area contributed by atoms with Crippen molar-refractivity contribution in [3.8, 4) is 6.07 Å². The van der Waals surface area contributed by atoms with Gasteiger partial charge in [0.15, 0.2) is 5.78 Å². The van der Waals surface area contributed by atoms with Gasteiger partial charge in [-0.15, -0.1) is 11.3 Å². The summed E-state index contributed by atoms with van der Waals surface area (Å²) in [6, 6.07) is 7.57. The van der Waals surface area contributed by atoms with Gasteiger partial charge in [0, 0.05) is 28.9 Å². The summed E-state index contributed by atoms with van der Waals surface area (Å²) in [5.74, 6) is -0.0337. The molecule has 0 spiro atoms. The molecule has 3 rings (SSSR count). The molecule has 5 heteroatoms. The average molecular weight is 283 g/mol. The van der Waals surface area contributed by atoms with Gasteiger partial charge in [0.05, 0.1) is 5.56 Å². The fourth-order valence-electron chi connectivity index (χ4n) is 2.41. The average Bonchev–Trinajstić information content (AvgIpc) is 2.85. The first-order valence-corrected chi connectivity index (χ1v) is 7.29. The van der Waals surface area contributed by atoms with E-state index < -0.39 is 0 Å². The molecule has 1 aliphatic rings. The molecule has 0 unspecified atom stereocenters. The van der Waals surface area contributed by atoms with Crippen molar-refractivity contribution >= 4 is 17.1 Å². The summed E-state index contributed by atoms with van der Waals surface area (Å²) in [4.78, 5) is 18.3. The van der Waals surface area contributed by atoms with Gasteiger partial charge < -0.3 is 5.32 Å². The lowest BCUT2D eigenvalue weighted by Gasteiger charge is -2.11. The summed E-state index contributed by atoms with van der Waals surface area (Å²) in [5, 5.41) is 12.7. The molecule has 0 bridgehead atoms. The zero-order valence-corrected chi connectivity index (χ0v) is 11.7. The predicted octanol–water partition coefficient (Wildman–Crippen LogP) is 2.09. The summed E-state index contributed by atoms with van der Waals surface area (Å²) in [6.07, 6.45) is 2.74. The monoisotopic (exact) mass is 283 g/mol. The number of hydrogen-bond donors (Lipinski definition) is 1. The lowest BCUT2D eigenvalue weighted by atomic mass is 10.0. The topological polar surface area (TPSA) is 65.8 Å². The fourth-order valence-corrected chi connectivity index (χ4v) is 3.68. The number of rotatable bonds is 3. The second-order valence-corrected chi connectivity index (χ2v) is 5.85. The Kier molecular flexibility index (Phi) is 3.59.